The number of amides is 2. The Labute approximate surface area is 202 Å². The van der Waals surface area contributed by atoms with Gasteiger partial charge < -0.3 is 14.2 Å². The third-order valence-electron chi connectivity index (χ3n) is 3.76. The summed E-state index contributed by atoms with van der Waals surface area (Å²) in [5.41, 5.74) is 6.00. The molecule has 0 bridgehead atoms. The van der Waals surface area contributed by atoms with Gasteiger partial charge in [-0.25, -0.2) is 0 Å². The number of ether oxygens (including phenoxy) is 3. The number of para-hydroxylation sites is 1. The van der Waals surface area contributed by atoms with E-state index in [1.807, 2.05) is 19.1 Å². The molecule has 3 N–H and O–H groups in total. The number of hydrogen-bond donors (Lipinski definition) is 3. The second-order valence-corrected chi connectivity index (χ2v) is 8.29. The van der Waals surface area contributed by atoms with Crippen LogP contribution in [0.3, 0.4) is 0 Å². The highest BCUT2D eigenvalue weighted by atomic mass is 79.9. The van der Waals surface area contributed by atoms with E-state index in [-0.39, 0.29) is 11.7 Å². The quantitative estimate of drug-likeness (QED) is 0.253. The van der Waals surface area contributed by atoms with E-state index >= 15 is 0 Å². The van der Waals surface area contributed by atoms with Crippen LogP contribution in [-0.4, -0.2) is 43.9 Å². The van der Waals surface area contributed by atoms with Gasteiger partial charge in [0.2, 0.25) is 0 Å². The molecule has 0 aliphatic rings. The lowest BCUT2D eigenvalue weighted by Crippen LogP contribution is -2.49. The Kier molecular flexibility index (Phi) is 10.2. The molecule has 2 rings (SSSR count). The predicted molar refractivity (Wildman–Crippen MR) is 127 cm³/mol. The third-order valence-corrected chi connectivity index (χ3v) is 5.01. The number of nitrogens with one attached hydrogen (secondary N) is 3. The van der Waals surface area contributed by atoms with Crippen LogP contribution in [0.5, 0.6) is 11.5 Å². The molecule has 0 spiro atoms. The van der Waals surface area contributed by atoms with Crippen molar-refractivity contribution in [3.63, 3.8) is 0 Å². The van der Waals surface area contributed by atoms with Gasteiger partial charge in [-0.05, 0) is 64.9 Å². The van der Waals surface area contributed by atoms with Gasteiger partial charge >= 0.3 is 0 Å². The fourth-order valence-corrected chi connectivity index (χ4v) is 4.09. The van der Waals surface area contributed by atoms with Crippen molar-refractivity contribution in [3.8, 4) is 11.5 Å². The molecule has 0 fully saturated rings. The smallest absolute Gasteiger partial charge is 0.276 e. The topological polar surface area (TPSA) is 97.9 Å². The van der Waals surface area contributed by atoms with Crippen molar-refractivity contribution in [2.45, 2.75) is 6.92 Å². The molecule has 0 saturated carbocycles. The Morgan fingerprint density at radius 1 is 1.06 bits per heavy atom. The molecule has 0 aliphatic carbocycles. The van der Waals surface area contributed by atoms with E-state index < -0.39 is 11.8 Å². The lowest BCUT2D eigenvalue weighted by Gasteiger charge is -2.14. The highest BCUT2D eigenvalue weighted by Gasteiger charge is 2.14. The number of benzene rings is 2. The Balaban J connectivity index is 1.83. The van der Waals surface area contributed by atoms with Gasteiger partial charge in [-0.3, -0.25) is 25.8 Å². The van der Waals surface area contributed by atoms with Crippen molar-refractivity contribution < 1.29 is 23.8 Å². The summed E-state index contributed by atoms with van der Waals surface area (Å²) >= 11 is 11.8. The molecule has 0 aromatic heterocycles. The number of carbonyl (C=O) groups excluding carboxylic acids is 2. The Morgan fingerprint density at radius 2 is 1.81 bits per heavy atom. The van der Waals surface area contributed by atoms with Gasteiger partial charge in [0, 0.05) is 11.6 Å². The average Bonchev–Trinajstić information content (AvgIpc) is 2.72. The normalized spacial score (nSPS) is 10.2. The molecular weight excluding hydrogens is 554 g/mol. The summed E-state index contributed by atoms with van der Waals surface area (Å²) in [5.74, 6) is -0.00779. The van der Waals surface area contributed by atoms with E-state index in [2.05, 4.69) is 48.0 Å². The van der Waals surface area contributed by atoms with Crippen LogP contribution >= 0.6 is 44.1 Å². The van der Waals surface area contributed by atoms with E-state index in [0.29, 0.717) is 34.7 Å². The molecule has 0 radical (unpaired) electrons. The van der Waals surface area contributed by atoms with Crippen LogP contribution in [0, 0.1) is 6.92 Å². The second-order valence-electron chi connectivity index (χ2n) is 6.12. The largest absolute Gasteiger partial charge is 0.490 e. The summed E-state index contributed by atoms with van der Waals surface area (Å²) in [6.45, 7) is 2.30. The van der Waals surface area contributed by atoms with E-state index in [1.165, 1.54) is 0 Å². The molecule has 166 valence electrons. The minimum Gasteiger partial charge on any atom is -0.490 e. The van der Waals surface area contributed by atoms with Crippen molar-refractivity contribution in [2.24, 2.45) is 0 Å². The van der Waals surface area contributed by atoms with Crippen LogP contribution in [0.15, 0.2) is 45.3 Å². The summed E-state index contributed by atoms with van der Waals surface area (Å²) in [7, 11) is 1.56. The zero-order valence-electron chi connectivity index (χ0n) is 16.8. The zero-order chi connectivity index (χ0) is 22.8. The van der Waals surface area contributed by atoms with E-state index in [9.17, 15) is 9.59 Å². The maximum Gasteiger partial charge on any atom is 0.276 e. The summed E-state index contributed by atoms with van der Waals surface area (Å²) in [4.78, 5) is 24.5. The summed E-state index contributed by atoms with van der Waals surface area (Å²) in [6, 6.07) is 10.4. The first kappa shape index (κ1) is 25.1. The number of rotatable bonds is 8. The minimum absolute atomic E-state index is 0.0777. The molecule has 2 amide bonds. The Hall–Kier alpha value is -2.21. The molecule has 0 unspecified atom stereocenters. The third kappa shape index (κ3) is 8.09. The van der Waals surface area contributed by atoms with Crippen molar-refractivity contribution in [1.82, 2.24) is 16.2 Å². The molecule has 8 nitrogen and oxygen atoms in total. The lowest BCUT2D eigenvalue weighted by atomic mass is 10.2. The van der Waals surface area contributed by atoms with Crippen LogP contribution in [-0.2, 0) is 9.53 Å². The van der Waals surface area contributed by atoms with Gasteiger partial charge in [-0.15, -0.1) is 0 Å². The first-order chi connectivity index (χ1) is 14.8. The maximum atomic E-state index is 12.5. The number of methoxy groups -OCH3 is 1. The predicted octanol–water partition coefficient (Wildman–Crippen LogP) is 3.26. The highest BCUT2D eigenvalue weighted by Crippen LogP contribution is 2.32. The van der Waals surface area contributed by atoms with Gasteiger partial charge in [0.05, 0.1) is 16.6 Å². The van der Waals surface area contributed by atoms with Gasteiger partial charge in [-0.1, -0.05) is 28.1 Å². The average molecular weight is 575 g/mol. The van der Waals surface area contributed by atoms with Crippen LogP contribution in [0.25, 0.3) is 0 Å². The van der Waals surface area contributed by atoms with Crippen LogP contribution in [0.4, 0.5) is 0 Å². The number of halogens is 2. The van der Waals surface area contributed by atoms with Crippen LogP contribution < -0.4 is 25.6 Å². The van der Waals surface area contributed by atoms with Gasteiger partial charge in [-0.2, -0.15) is 0 Å². The standard InChI is InChI=1S/C20H21Br2N3O5S/c1-12-9-13(21)10-15(22)18(12)30-11-17(26)24-25-20(31)23-19(27)14-5-3-4-6-16(14)29-8-7-28-2/h3-6,9-10H,7-8,11H2,1-2H3,(H,24,26)(H2,23,25,27,31). The Bertz CT molecular complexity index is 935. The number of hydrazine groups is 1. The van der Waals surface area contributed by atoms with Crippen molar-refractivity contribution in [2.75, 3.05) is 26.9 Å². The monoisotopic (exact) mass is 573 g/mol. The van der Waals surface area contributed by atoms with Gasteiger partial charge in [0.1, 0.15) is 18.1 Å². The fourth-order valence-electron chi connectivity index (χ4n) is 2.39. The van der Waals surface area contributed by atoms with Crippen molar-refractivity contribution >= 4 is 61.0 Å². The number of thiocarbonyl (C=S) groups is 1. The highest BCUT2D eigenvalue weighted by molar-refractivity contribution is 9.11. The molecule has 0 saturated heterocycles. The minimum atomic E-state index is -0.481. The van der Waals surface area contributed by atoms with Crippen LogP contribution in [0.1, 0.15) is 15.9 Å². The van der Waals surface area contributed by atoms with E-state index in [0.717, 1.165) is 10.0 Å². The zero-order valence-corrected chi connectivity index (χ0v) is 20.8. The van der Waals surface area contributed by atoms with E-state index in [1.54, 1.807) is 31.4 Å². The van der Waals surface area contributed by atoms with E-state index in [4.69, 9.17) is 26.4 Å². The Morgan fingerprint density at radius 3 is 2.52 bits per heavy atom. The van der Waals surface area contributed by atoms with Crippen molar-refractivity contribution in [3.05, 3.63) is 56.5 Å². The first-order valence-electron chi connectivity index (χ1n) is 9.01. The van der Waals surface area contributed by atoms with Gasteiger partial charge in [0.15, 0.2) is 11.7 Å². The van der Waals surface area contributed by atoms with Crippen molar-refractivity contribution in [1.29, 1.82) is 0 Å². The molecule has 31 heavy (non-hydrogen) atoms. The summed E-state index contributed by atoms with van der Waals surface area (Å²) < 4.78 is 17.6. The number of carbonyl (C=O) groups is 2. The molecule has 2 aromatic rings. The molecule has 2 aromatic carbocycles. The molecule has 0 atom stereocenters. The molecule has 0 heterocycles. The summed E-state index contributed by atoms with van der Waals surface area (Å²) in [5, 5.41) is 2.40. The summed E-state index contributed by atoms with van der Waals surface area (Å²) in [6.07, 6.45) is 0. The number of aryl methyl sites for hydroxylation is 1. The lowest BCUT2D eigenvalue weighted by molar-refractivity contribution is -0.123. The maximum absolute atomic E-state index is 12.5. The molecular formula is C20H21Br2N3O5S. The molecule has 11 heteroatoms. The second kappa shape index (κ2) is 12.6. The van der Waals surface area contributed by atoms with Gasteiger partial charge in [0.25, 0.3) is 11.8 Å². The molecule has 0 aliphatic heterocycles. The SMILES string of the molecule is COCCOc1ccccc1C(=O)NC(=S)NNC(=O)COc1c(C)cc(Br)cc1Br. The van der Waals surface area contributed by atoms with Crippen LogP contribution in [0.2, 0.25) is 0 Å². The first-order valence-corrected chi connectivity index (χ1v) is 11.0. The fraction of sp³-hybridized carbons (Fsp3) is 0.250. The number of hydrogen-bond acceptors (Lipinski definition) is 6.